The molecule has 1 aliphatic carbocycles. The van der Waals surface area contributed by atoms with Gasteiger partial charge in [-0.3, -0.25) is 4.79 Å². The maximum absolute atomic E-state index is 11.4. The van der Waals surface area contributed by atoms with Crippen LogP contribution in [0.4, 0.5) is 0 Å². The van der Waals surface area contributed by atoms with Crippen molar-refractivity contribution in [2.75, 3.05) is 7.11 Å². The van der Waals surface area contributed by atoms with Crippen LogP contribution in [-0.2, 0) is 4.79 Å². The number of fused-ring (bicyclic) bond motifs is 1. The van der Waals surface area contributed by atoms with E-state index in [1.807, 2.05) is 79.7 Å². The van der Waals surface area contributed by atoms with Gasteiger partial charge in [-0.25, -0.2) is 0 Å². The number of allylic oxidation sites excluding steroid dienone is 2. The molecule has 1 N–H and O–H groups in total. The second-order valence-electron chi connectivity index (χ2n) is 7.13. The number of para-hydroxylation sites is 1. The maximum Gasteiger partial charge on any atom is 0.307 e. The molecule has 0 fully saturated rings. The van der Waals surface area contributed by atoms with Crippen LogP contribution in [-0.4, -0.2) is 18.2 Å². The van der Waals surface area contributed by atoms with Gasteiger partial charge in [-0.05, 0) is 82.8 Å². The summed E-state index contributed by atoms with van der Waals surface area (Å²) < 4.78 is 11.2. The van der Waals surface area contributed by atoms with Gasteiger partial charge in [-0.1, -0.05) is 36.4 Å². The third-order valence-corrected chi connectivity index (χ3v) is 5.20. The molecule has 0 radical (unpaired) electrons. The van der Waals surface area contributed by atoms with E-state index in [-0.39, 0.29) is 6.42 Å². The van der Waals surface area contributed by atoms with Crippen molar-refractivity contribution in [2.45, 2.75) is 13.3 Å². The Hall–Kier alpha value is -3.79. The summed E-state index contributed by atoms with van der Waals surface area (Å²) in [6.07, 6.45) is 2.07. The van der Waals surface area contributed by atoms with Gasteiger partial charge >= 0.3 is 5.97 Å². The molecule has 0 amide bonds. The predicted molar refractivity (Wildman–Crippen MR) is 119 cm³/mol. The van der Waals surface area contributed by atoms with Crippen LogP contribution >= 0.6 is 0 Å². The summed E-state index contributed by atoms with van der Waals surface area (Å²) in [7, 11) is 1.63. The van der Waals surface area contributed by atoms with E-state index in [1.54, 1.807) is 7.11 Å². The summed E-state index contributed by atoms with van der Waals surface area (Å²) in [5, 5.41) is 9.35. The molecule has 4 rings (SSSR count). The number of hydrogen-bond donors (Lipinski definition) is 1. The third kappa shape index (κ3) is 3.98. The monoisotopic (exact) mass is 398 g/mol. The van der Waals surface area contributed by atoms with Crippen LogP contribution in [0.15, 0.2) is 78.4 Å². The van der Waals surface area contributed by atoms with Gasteiger partial charge in [0.15, 0.2) is 0 Å². The number of benzene rings is 3. The van der Waals surface area contributed by atoms with Gasteiger partial charge in [-0.2, -0.15) is 0 Å². The molecular weight excluding hydrogens is 376 g/mol. The van der Waals surface area contributed by atoms with Crippen molar-refractivity contribution in [1.82, 2.24) is 0 Å². The lowest BCUT2D eigenvalue weighted by Crippen LogP contribution is -1.97. The van der Waals surface area contributed by atoms with Crippen LogP contribution in [0.1, 0.15) is 30.0 Å². The van der Waals surface area contributed by atoms with E-state index in [2.05, 4.69) is 6.08 Å². The highest BCUT2D eigenvalue weighted by Crippen LogP contribution is 2.44. The lowest BCUT2D eigenvalue weighted by Gasteiger charge is -2.08. The van der Waals surface area contributed by atoms with E-state index < -0.39 is 5.97 Å². The normalized spacial score (nSPS) is 14.0. The SMILES string of the molecule is COc1ccc2c(c1)/C(=C\c1ccc(Oc3ccccc3)cc1)C(C)=C2CC(=O)O. The van der Waals surface area contributed by atoms with E-state index in [4.69, 9.17) is 9.47 Å². The molecule has 1 aliphatic rings. The highest BCUT2D eigenvalue weighted by Gasteiger charge is 2.25. The van der Waals surface area contributed by atoms with Gasteiger partial charge in [0.1, 0.15) is 17.2 Å². The second kappa shape index (κ2) is 8.29. The predicted octanol–water partition coefficient (Wildman–Crippen LogP) is 6.29. The summed E-state index contributed by atoms with van der Waals surface area (Å²) in [4.78, 5) is 11.4. The first-order chi connectivity index (χ1) is 14.5. The molecule has 0 saturated heterocycles. The molecule has 3 aromatic rings. The van der Waals surface area contributed by atoms with Crippen molar-refractivity contribution < 1.29 is 19.4 Å². The Kier molecular flexibility index (Phi) is 5.40. The molecule has 0 atom stereocenters. The van der Waals surface area contributed by atoms with Crippen molar-refractivity contribution in [2.24, 2.45) is 0 Å². The first-order valence-corrected chi connectivity index (χ1v) is 9.70. The molecule has 3 aromatic carbocycles. The molecule has 0 saturated carbocycles. The Morgan fingerprint density at radius 2 is 1.57 bits per heavy atom. The molecule has 0 bridgehead atoms. The second-order valence-corrected chi connectivity index (χ2v) is 7.13. The Labute approximate surface area is 175 Å². The van der Waals surface area contributed by atoms with E-state index in [1.165, 1.54) is 0 Å². The summed E-state index contributed by atoms with van der Waals surface area (Å²) in [6.45, 7) is 1.98. The summed E-state index contributed by atoms with van der Waals surface area (Å²) >= 11 is 0. The largest absolute Gasteiger partial charge is 0.497 e. The first-order valence-electron chi connectivity index (χ1n) is 9.70. The average molecular weight is 398 g/mol. The molecule has 150 valence electrons. The lowest BCUT2D eigenvalue weighted by molar-refractivity contribution is -0.135. The Balaban J connectivity index is 1.68. The van der Waals surface area contributed by atoms with Crippen molar-refractivity contribution in [3.8, 4) is 17.2 Å². The summed E-state index contributed by atoms with van der Waals surface area (Å²) in [5.41, 5.74) is 5.78. The van der Waals surface area contributed by atoms with Crippen LogP contribution in [0.3, 0.4) is 0 Å². The highest BCUT2D eigenvalue weighted by atomic mass is 16.5. The van der Waals surface area contributed by atoms with Gasteiger partial charge in [0.2, 0.25) is 0 Å². The molecule has 30 heavy (non-hydrogen) atoms. The molecule has 4 nitrogen and oxygen atoms in total. The van der Waals surface area contributed by atoms with Crippen LogP contribution in [0.5, 0.6) is 17.2 Å². The van der Waals surface area contributed by atoms with Gasteiger partial charge < -0.3 is 14.6 Å². The van der Waals surface area contributed by atoms with E-state index in [0.29, 0.717) is 0 Å². The van der Waals surface area contributed by atoms with E-state index in [0.717, 1.165) is 50.7 Å². The minimum absolute atomic E-state index is 0.00758. The van der Waals surface area contributed by atoms with Crippen LogP contribution in [0, 0.1) is 0 Å². The molecule has 0 unspecified atom stereocenters. The maximum atomic E-state index is 11.4. The number of aliphatic carboxylic acids is 1. The molecule has 0 spiro atoms. The summed E-state index contributed by atoms with van der Waals surface area (Å²) in [5.74, 6) is 1.46. The smallest absolute Gasteiger partial charge is 0.307 e. The van der Waals surface area contributed by atoms with Crippen molar-refractivity contribution in [1.29, 1.82) is 0 Å². The van der Waals surface area contributed by atoms with E-state index >= 15 is 0 Å². The minimum Gasteiger partial charge on any atom is -0.497 e. The van der Waals surface area contributed by atoms with Crippen molar-refractivity contribution in [3.63, 3.8) is 0 Å². The zero-order valence-electron chi connectivity index (χ0n) is 16.9. The van der Waals surface area contributed by atoms with Gasteiger partial charge in [-0.15, -0.1) is 0 Å². The highest BCUT2D eigenvalue weighted by molar-refractivity contribution is 6.07. The van der Waals surface area contributed by atoms with Gasteiger partial charge in [0, 0.05) is 0 Å². The van der Waals surface area contributed by atoms with Crippen LogP contribution < -0.4 is 9.47 Å². The number of methoxy groups -OCH3 is 1. The molecule has 0 heterocycles. The fourth-order valence-electron chi connectivity index (χ4n) is 3.69. The number of carboxylic acid groups (broad SMARTS) is 1. The van der Waals surface area contributed by atoms with Crippen LogP contribution in [0.25, 0.3) is 17.2 Å². The van der Waals surface area contributed by atoms with Crippen molar-refractivity contribution in [3.05, 3.63) is 95.1 Å². The Bertz CT molecular complexity index is 1140. The zero-order chi connectivity index (χ0) is 21.1. The topological polar surface area (TPSA) is 55.8 Å². The van der Waals surface area contributed by atoms with E-state index in [9.17, 15) is 9.90 Å². The lowest BCUT2D eigenvalue weighted by atomic mass is 10.0. The zero-order valence-corrected chi connectivity index (χ0v) is 16.9. The minimum atomic E-state index is -0.838. The average Bonchev–Trinajstić information content (AvgIpc) is 3.00. The number of ether oxygens (including phenoxy) is 2. The number of rotatable bonds is 6. The third-order valence-electron chi connectivity index (χ3n) is 5.20. The quantitative estimate of drug-likeness (QED) is 0.530. The molecular formula is C26H22O4. The fraction of sp³-hybridized carbons (Fsp3) is 0.115. The number of carbonyl (C=O) groups is 1. The molecule has 0 aliphatic heterocycles. The van der Waals surface area contributed by atoms with Gasteiger partial charge in [0.25, 0.3) is 0 Å². The van der Waals surface area contributed by atoms with Crippen molar-refractivity contribution >= 4 is 23.2 Å². The molecule has 4 heteroatoms. The number of carboxylic acids is 1. The first kappa shape index (κ1) is 19.5. The van der Waals surface area contributed by atoms with Gasteiger partial charge in [0.05, 0.1) is 13.5 Å². The Morgan fingerprint density at radius 1 is 0.900 bits per heavy atom. The van der Waals surface area contributed by atoms with Crippen LogP contribution in [0.2, 0.25) is 0 Å². The molecule has 0 aromatic heterocycles. The Morgan fingerprint density at radius 3 is 2.23 bits per heavy atom. The summed E-state index contributed by atoms with van der Waals surface area (Å²) in [6, 6.07) is 23.3. The number of hydrogen-bond acceptors (Lipinski definition) is 3. The fourth-order valence-corrected chi connectivity index (χ4v) is 3.69. The standard InChI is InChI=1S/C26H22O4/c1-17-23(25-15-21(29-2)12-13-22(25)24(17)16-26(27)28)14-18-8-10-20(11-9-18)30-19-6-4-3-5-7-19/h3-15H,16H2,1-2H3,(H,27,28)/b23-14-.